The maximum absolute atomic E-state index is 9.59. The molecule has 2 aromatic carbocycles. The molecule has 3 rings (SSSR count). The van der Waals surface area contributed by atoms with Gasteiger partial charge < -0.3 is 10.1 Å². The summed E-state index contributed by atoms with van der Waals surface area (Å²) >= 11 is 0. The van der Waals surface area contributed by atoms with Crippen molar-refractivity contribution in [2.24, 2.45) is 10.2 Å². The number of phenolic OH excluding ortho intramolecular Hbond substituents is 1. The molecule has 0 fully saturated rings. The van der Waals surface area contributed by atoms with E-state index < -0.39 is 0 Å². The Bertz CT molecular complexity index is 787. The molecule has 0 radical (unpaired) electrons. The lowest BCUT2D eigenvalue weighted by Crippen LogP contribution is -1.81. The van der Waals surface area contributed by atoms with E-state index in [4.69, 9.17) is 0 Å². The number of aromatic amines is 1. The van der Waals surface area contributed by atoms with Crippen LogP contribution in [0.5, 0.6) is 5.75 Å². The molecule has 20 heavy (non-hydrogen) atoms. The molecule has 0 aliphatic heterocycles. The van der Waals surface area contributed by atoms with E-state index in [-0.39, 0.29) is 5.75 Å². The van der Waals surface area contributed by atoms with Crippen LogP contribution in [0.25, 0.3) is 10.9 Å². The van der Waals surface area contributed by atoms with E-state index >= 15 is 0 Å². The summed E-state index contributed by atoms with van der Waals surface area (Å²) in [5, 5.41) is 18.7. The molecule has 4 heteroatoms. The summed E-state index contributed by atoms with van der Waals surface area (Å²) in [6.45, 7) is 0. The van der Waals surface area contributed by atoms with Crippen molar-refractivity contribution >= 4 is 23.3 Å². The molecule has 98 valence electrons. The van der Waals surface area contributed by atoms with Gasteiger partial charge in [0.1, 0.15) is 5.75 Å². The monoisotopic (exact) mass is 263 g/mol. The summed E-state index contributed by atoms with van der Waals surface area (Å²) in [5.74, 6) is 0.193. The second kappa shape index (κ2) is 5.40. The Labute approximate surface area is 116 Å². The Hall–Kier alpha value is -2.88. The summed E-state index contributed by atoms with van der Waals surface area (Å²) in [4.78, 5) is 3.17. The summed E-state index contributed by atoms with van der Waals surface area (Å²) < 4.78 is 0. The fourth-order valence-electron chi connectivity index (χ4n) is 1.99. The first-order chi connectivity index (χ1) is 9.84. The standard InChI is InChI=1S/C16H13N3O/c20-16-8-4-1-5-12(16)10-18-19-11-13-9-17-15-7-3-2-6-14(13)15/h1-11,17,20H/b18-10+,19-11+. The molecular formula is C16H13N3O. The van der Waals surface area contributed by atoms with Gasteiger partial charge in [-0.15, -0.1) is 0 Å². The predicted molar refractivity (Wildman–Crippen MR) is 81.6 cm³/mol. The molecule has 1 aromatic heterocycles. The van der Waals surface area contributed by atoms with Crippen molar-refractivity contribution in [1.82, 2.24) is 4.98 Å². The van der Waals surface area contributed by atoms with Crippen LogP contribution >= 0.6 is 0 Å². The van der Waals surface area contributed by atoms with Gasteiger partial charge in [-0.2, -0.15) is 10.2 Å². The van der Waals surface area contributed by atoms with Crippen LogP contribution in [0.4, 0.5) is 0 Å². The molecule has 0 unspecified atom stereocenters. The molecule has 0 saturated carbocycles. The molecule has 0 atom stereocenters. The number of nitrogens with one attached hydrogen (secondary N) is 1. The van der Waals surface area contributed by atoms with Gasteiger partial charge in [-0.25, -0.2) is 0 Å². The zero-order valence-electron chi connectivity index (χ0n) is 10.7. The average Bonchev–Trinajstić information content (AvgIpc) is 2.89. The Balaban J connectivity index is 1.80. The predicted octanol–water partition coefficient (Wildman–Crippen LogP) is 3.33. The summed E-state index contributed by atoms with van der Waals surface area (Å²) in [6, 6.07) is 15.0. The number of aromatic hydroxyl groups is 1. The Morgan fingerprint density at radius 1 is 0.850 bits per heavy atom. The lowest BCUT2D eigenvalue weighted by atomic mass is 10.2. The fraction of sp³-hybridized carbons (Fsp3) is 0. The van der Waals surface area contributed by atoms with Crippen molar-refractivity contribution in [1.29, 1.82) is 0 Å². The molecule has 0 aliphatic rings. The number of H-pyrrole nitrogens is 1. The van der Waals surface area contributed by atoms with Crippen molar-refractivity contribution in [2.75, 3.05) is 0 Å². The van der Waals surface area contributed by atoms with Gasteiger partial charge in [0.25, 0.3) is 0 Å². The minimum Gasteiger partial charge on any atom is -0.507 e. The Morgan fingerprint density at radius 3 is 2.40 bits per heavy atom. The van der Waals surface area contributed by atoms with Gasteiger partial charge in [0.05, 0.1) is 12.4 Å². The third-order valence-corrected chi connectivity index (χ3v) is 3.02. The van der Waals surface area contributed by atoms with Crippen LogP contribution in [-0.4, -0.2) is 22.5 Å². The second-order valence-corrected chi connectivity index (χ2v) is 4.34. The van der Waals surface area contributed by atoms with Gasteiger partial charge in [0.15, 0.2) is 0 Å². The minimum absolute atomic E-state index is 0.193. The van der Waals surface area contributed by atoms with Crippen molar-refractivity contribution in [3.8, 4) is 5.75 Å². The van der Waals surface area contributed by atoms with Crippen molar-refractivity contribution < 1.29 is 5.11 Å². The van der Waals surface area contributed by atoms with E-state index in [1.54, 1.807) is 24.4 Å². The van der Waals surface area contributed by atoms with Crippen LogP contribution in [0.2, 0.25) is 0 Å². The molecule has 4 nitrogen and oxygen atoms in total. The largest absolute Gasteiger partial charge is 0.507 e. The number of aromatic nitrogens is 1. The molecule has 2 N–H and O–H groups in total. The molecule has 0 spiro atoms. The van der Waals surface area contributed by atoms with E-state index in [1.165, 1.54) is 6.21 Å². The van der Waals surface area contributed by atoms with E-state index in [9.17, 15) is 5.11 Å². The van der Waals surface area contributed by atoms with Crippen molar-refractivity contribution in [3.63, 3.8) is 0 Å². The molecule has 1 heterocycles. The van der Waals surface area contributed by atoms with E-state index in [0.717, 1.165) is 16.5 Å². The third kappa shape index (κ3) is 2.44. The molecule has 0 saturated heterocycles. The highest BCUT2D eigenvalue weighted by Crippen LogP contribution is 2.16. The van der Waals surface area contributed by atoms with Crippen LogP contribution in [0.1, 0.15) is 11.1 Å². The van der Waals surface area contributed by atoms with Crippen molar-refractivity contribution in [2.45, 2.75) is 0 Å². The van der Waals surface area contributed by atoms with E-state index in [2.05, 4.69) is 15.2 Å². The highest BCUT2D eigenvalue weighted by molar-refractivity contribution is 5.99. The van der Waals surface area contributed by atoms with Crippen LogP contribution < -0.4 is 0 Å². The number of benzene rings is 2. The number of nitrogens with zero attached hydrogens (tertiary/aromatic N) is 2. The first kappa shape index (κ1) is 12.2. The quantitative estimate of drug-likeness (QED) is 0.552. The zero-order valence-corrected chi connectivity index (χ0v) is 10.7. The number of hydrogen-bond donors (Lipinski definition) is 2. The molecule has 0 bridgehead atoms. The first-order valence-corrected chi connectivity index (χ1v) is 6.25. The van der Waals surface area contributed by atoms with Gasteiger partial charge >= 0.3 is 0 Å². The lowest BCUT2D eigenvalue weighted by Gasteiger charge is -1.94. The zero-order chi connectivity index (χ0) is 13.8. The number of fused-ring (bicyclic) bond motifs is 1. The summed E-state index contributed by atoms with van der Waals surface area (Å²) in [5.41, 5.74) is 2.69. The minimum atomic E-state index is 0.193. The SMILES string of the molecule is Oc1ccccc1/C=N/N=C/c1c[nH]c2ccccc12. The van der Waals surface area contributed by atoms with Crippen LogP contribution in [0, 0.1) is 0 Å². The van der Waals surface area contributed by atoms with E-state index in [1.807, 2.05) is 36.5 Å². The third-order valence-electron chi connectivity index (χ3n) is 3.02. The Morgan fingerprint density at radius 2 is 1.55 bits per heavy atom. The number of rotatable bonds is 3. The number of para-hydroxylation sites is 2. The number of hydrogen-bond acceptors (Lipinski definition) is 3. The van der Waals surface area contributed by atoms with Gasteiger partial charge in [-0.1, -0.05) is 30.3 Å². The van der Waals surface area contributed by atoms with Gasteiger partial charge in [0, 0.05) is 28.2 Å². The van der Waals surface area contributed by atoms with Gasteiger partial charge in [-0.3, -0.25) is 0 Å². The van der Waals surface area contributed by atoms with Crippen LogP contribution in [0.15, 0.2) is 64.9 Å². The summed E-state index contributed by atoms with van der Waals surface area (Å²) in [7, 11) is 0. The fourth-order valence-corrected chi connectivity index (χ4v) is 1.99. The smallest absolute Gasteiger partial charge is 0.124 e. The topological polar surface area (TPSA) is 60.7 Å². The maximum atomic E-state index is 9.59. The second-order valence-electron chi connectivity index (χ2n) is 4.34. The molecule has 3 aromatic rings. The van der Waals surface area contributed by atoms with Gasteiger partial charge in [0.2, 0.25) is 0 Å². The summed E-state index contributed by atoms with van der Waals surface area (Å²) in [6.07, 6.45) is 5.11. The van der Waals surface area contributed by atoms with Crippen LogP contribution in [0.3, 0.4) is 0 Å². The lowest BCUT2D eigenvalue weighted by molar-refractivity contribution is 0.474. The highest BCUT2D eigenvalue weighted by atomic mass is 16.3. The molecule has 0 aliphatic carbocycles. The number of phenols is 1. The Kier molecular flexibility index (Phi) is 3.29. The maximum Gasteiger partial charge on any atom is 0.124 e. The van der Waals surface area contributed by atoms with Crippen molar-refractivity contribution in [3.05, 3.63) is 65.9 Å². The highest BCUT2D eigenvalue weighted by Gasteiger charge is 1.99. The van der Waals surface area contributed by atoms with E-state index in [0.29, 0.717) is 5.56 Å². The van der Waals surface area contributed by atoms with Gasteiger partial charge in [-0.05, 0) is 18.2 Å². The van der Waals surface area contributed by atoms with Crippen LogP contribution in [-0.2, 0) is 0 Å². The molecule has 0 amide bonds. The first-order valence-electron chi connectivity index (χ1n) is 6.25. The normalized spacial score (nSPS) is 11.8. The molecular weight excluding hydrogens is 250 g/mol. The average molecular weight is 263 g/mol.